The van der Waals surface area contributed by atoms with Crippen LogP contribution >= 0.6 is 0 Å². The number of anilines is 1. The molecule has 1 amide bonds. The summed E-state index contributed by atoms with van der Waals surface area (Å²) in [6.45, 7) is 1.66. The SMILES string of the molecule is C[C@H](NCC(=O)Nc1ccc(C#N)cc1)c1ccc(F)cc1F. The van der Waals surface area contributed by atoms with Gasteiger partial charge in [0.05, 0.1) is 18.2 Å². The molecule has 2 rings (SSSR count). The van der Waals surface area contributed by atoms with E-state index in [1.54, 1.807) is 31.2 Å². The third-order valence-corrected chi connectivity index (χ3v) is 3.30. The fourth-order valence-corrected chi connectivity index (χ4v) is 2.04. The zero-order chi connectivity index (χ0) is 16.8. The molecule has 0 aliphatic carbocycles. The lowest BCUT2D eigenvalue weighted by molar-refractivity contribution is -0.115. The predicted octanol–water partition coefficient (Wildman–Crippen LogP) is 3.13. The molecule has 1 atom stereocenters. The molecule has 0 bridgehead atoms. The molecule has 0 spiro atoms. The molecular weight excluding hydrogens is 300 g/mol. The van der Waals surface area contributed by atoms with Gasteiger partial charge in [-0.1, -0.05) is 6.07 Å². The molecule has 2 N–H and O–H groups in total. The molecular formula is C17H15F2N3O. The van der Waals surface area contributed by atoms with Gasteiger partial charge in [-0.15, -0.1) is 0 Å². The molecule has 0 saturated carbocycles. The van der Waals surface area contributed by atoms with Crippen LogP contribution in [-0.2, 0) is 4.79 Å². The Bertz CT molecular complexity index is 738. The summed E-state index contributed by atoms with van der Waals surface area (Å²) >= 11 is 0. The number of nitrogens with zero attached hydrogens (tertiary/aromatic N) is 1. The number of hydrogen-bond acceptors (Lipinski definition) is 3. The van der Waals surface area contributed by atoms with Crippen LogP contribution in [0.4, 0.5) is 14.5 Å². The highest BCUT2D eigenvalue weighted by atomic mass is 19.1. The van der Waals surface area contributed by atoms with E-state index in [-0.39, 0.29) is 18.0 Å². The minimum atomic E-state index is -0.655. The van der Waals surface area contributed by atoms with Crippen LogP contribution in [0, 0.1) is 23.0 Å². The number of hydrogen-bond donors (Lipinski definition) is 2. The molecule has 0 aliphatic heterocycles. The van der Waals surface area contributed by atoms with Gasteiger partial charge in [0, 0.05) is 23.4 Å². The van der Waals surface area contributed by atoms with Crippen LogP contribution in [0.3, 0.4) is 0 Å². The van der Waals surface area contributed by atoms with Gasteiger partial charge >= 0.3 is 0 Å². The first kappa shape index (κ1) is 16.6. The molecule has 0 fully saturated rings. The molecule has 118 valence electrons. The number of nitrogens with one attached hydrogen (secondary N) is 2. The monoisotopic (exact) mass is 315 g/mol. The number of amides is 1. The normalized spacial score (nSPS) is 11.6. The molecule has 4 nitrogen and oxygen atoms in total. The van der Waals surface area contributed by atoms with E-state index in [9.17, 15) is 13.6 Å². The molecule has 0 unspecified atom stereocenters. The van der Waals surface area contributed by atoms with Crippen molar-refractivity contribution >= 4 is 11.6 Å². The summed E-state index contributed by atoms with van der Waals surface area (Å²) in [7, 11) is 0. The number of halogens is 2. The maximum absolute atomic E-state index is 13.6. The van der Waals surface area contributed by atoms with Gasteiger partial charge in [-0.05, 0) is 37.3 Å². The van der Waals surface area contributed by atoms with E-state index in [1.807, 2.05) is 6.07 Å². The van der Waals surface area contributed by atoms with E-state index in [1.165, 1.54) is 12.1 Å². The van der Waals surface area contributed by atoms with Crippen molar-refractivity contribution in [3.8, 4) is 6.07 Å². The summed E-state index contributed by atoms with van der Waals surface area (Å²) < 4.78 is 26.5. The minimum Gasteiger partial charge on any atom is -0.325 e. The van der Waals surface area contributed by atoms with Crippen LogP contribution in [0.1, 0.15) is 24.1 Å². The zero-order valence-corrected chi connectivity index (χ0v) is 12.4. The summed E-state index contributed by atoms with van der Waals surface area (Å²) in [6.07, 6.45) is 0. The van der Waals surface area contributed by atoms with E-state index in [2.05, 4.69) is 10.6 Å². The van der Waals surface area contributed by atoms with Crippen LogP contribution in [0.2, 0.25) is 0 Å². The lowest BCUT2D eigenvalue weighted by atomic mass is 10.1. The van der Waals surface area contributed by atoms with Crippen molar-refractivity contribution < 1.29 is 13.6 Å². The molecule has 0 radical (unpaired) electrons. The molecule has 0 saturated heterocycles. The summed E-state index contributed by atoms with van der Waals surface area (Å²) in [5, 5.41) is 14.2. The second-order valence-electron chi connectivity index (χ2n) is 5.01. The fraction of sp³-hybridized carbons (Fsp3) is 0.176. The van der Waals surface area contributed by atoms with Crippen LogP contribution in [0.25, 0.3) is 0 Å². The van der Waals surface area contributed by atoms with Gasteiger partial charge in [0.1, 0.15) is 11.6 Å². The number of carbonyl (C=O) groups is 1. The average Bonchev–Trinajstić information content (AvgIpc) is 2.53. The second kappa shape index (κ2) is 7.47. The van der Waals surface area contributed by atoms with E-state index in [0.29, 0.717) is 11.3 Å². The quantitative estimate of drug-likeness (QED) is 0.891. The van der Waals surface area contributed by atoms with Gasteiger partial charge in [0.25, 0.3) is 0 Å². The Morgan fingerprint density at radius 2 is 1.91 bits per heavy atom. The highest BCUT2D eigenvalue weighted by Gasteiger charge is 2.12. The van der Waals surface area contributed by atoms with E-state index in [0.717, 1.165) is 6.07 Å². The lowest BCUT2D eigenvalue weighted by Gasteiger charge is -2.15. The first-order chi connectivity index (χ1) is 11.0. The van der Waals surface area contributed by atoms with E-state index < -0.39 is 17.7 Å². The molecule has 2 aromatic rings. The van der Waals surface area contributed by atoms with Gasteiger partial charge < -0.3 is 10.6 Å². The largest absolute Gasteiger partial charge is 0.325 e. The van der Waals surface area contributed by atoms with Crippen LogP contribution in [0.5, 0.6) is 0 Å². The van der Waals surface area contributed by atoms with E-state index in [4.69, 9.17) is 5.26 Å². The standard InChI is InChI=1S/C17H15F2N3O/c1-11(15-7-4-13(18)8-16(15)19)21-10-17(23)22-14-5-2-12(9-20)3-6-14/h2-8,11,21H,10H2,1H3,(H,22,23)/t11-/m0/s1. The van der Waals surface area contributed by atoms with Crippen molar-refractivity contribution in [2.24, 2.45) is 0 Å². The predicted molar refractivity (Wildman–Crippen MR) is 82.6 cm³/mol. The first-order valence-corrected chi connectivity index (χ1v) is 6.98. The third-order valence-electron chi connectivity index (χ3n) is 3.30. The molecule has 2 aromatic carbocycles. The highest BCUT2D eigenvalue weighted by molar-refractivity contribution is 5.92. The van der Waals surface area contributed by atoms with Crippen molar-refractivity contribution in [3.63, 3.8) is 0 Å². The van der Waals surface area contributed by atoms with Gasteiger partial charge in [0.2, 0.25) is 5.91 Å². The fourth-order valence-electron chi connectivity index (χ4n) is 2.04. The summed E-state index contributed by atoms with van der Waals surface area (Å²) in [5.74, 6) is -1.60. The molecule has 23 heavy (non-hydrogen) atoms. The molecule has 0 aromatic heterocycles. The van der Waals surface area contributed by atoms with Crippen molar-refractivity contribution in [2.45, 2.75) is 13.0 Å². The van der Waals surface area contributed by atoms with E-state index >= 15 is 0 Å². The minimum absolute atomic E-state index is 0.0298. The Hall–Kier alpha value is -2.78. The summed E-state index contributed by atoms with van der Waals surface area (Å²) in [6, 6.07) is 11.3. The average molecular weight is 315 g/mol. The Balaban J connectivity index is 1.89. The van der Waals surface area contributed by atoms with Crippen molar-refractivity contribution in [1.29, 1.82) is 5.26 Å². The van der Waals surface area contributed by atoms with Crippen molar-refractivity contribution in [3.05, 3.63) is 65.2 Å². The Morgan fingerprint density at radius 3 is 2.52 bits per heavy atom. The van der Waals surface area contributed by atoms with Crippen molar-refractivity contribution in [2.75, 3.05) is 11.9 Å². The van der Waals surface area contributed by atoms with Crippen LogP contribution < -0.4 is 10.6 Å². The maximum Gasteiger partial charge on any atom is 0.238 e. The molecule has 0 heterocycles. The maximum atomic E-state index is 13.6. The Labute approximate surface area is 132 Å². The smallest absolute Gasteiger partial charge is 0.238 e. The highest BCUT2D eigenvalue weighted by Crippen LogP contribution is 2.17. The topological polar surface area (TPSA) is 64.9 Å². The first-order valence-electron chi connectivity index (χ1n) is 6.98. The second-order valence-corrected chi connectivity index (χ2v) is 5.01. The van der Waals surface area contributed by atoms with Gasteiger partial charge in [0.15, 0.2) is 0 Å². The summed E-state index contributed by atoms with van der Waals surface area (Å²) in [4.78, 5) is 11.8. The summed E-state index contributed by atoms with van der Waals surface area (Å²) in [5.41, 5.74) is 1.36. The number of rotatable bonds is 5. The zero-order valence-electron chi connectivity index (χ0n) is 12.4. The third kappa shape index (κ3) is 4.59. The number of benzene rings is 2. The van der Waals surface area contributed by atoms with Crippen LogP contribution in [-0.4, -0.2) is 12.5 Å². The Morgan fingerprint density at radius 1 is 1.22 bits per heavy atom. The van der Waals surface area contributed by atoms with Gasteiger partial charge in [-0.3, -0.25) is 4.79 Å². The molecule has 0 aliphatic rings. The lowest BCUT2D eigenvalue weighted by Crippen LogP contribution is -2.30. The van der Waals surface area contributed by atoms with Crippen LogP contribution in [0.15, 0.2) is 42.5 Å². The Kier molecular flexibility index (Phi) is 5.39. The van der Waals surface area contributed by atoms with Gasteiger partial charge in [-0.25, -0.2) is 8.78 Å². The number of carbonyl (C=O) groups excluding carboxylic acids is 1. The van der Waals surface area contributed by atoms with Gasteiger partial charge in [-0.2, -0.15) is 5.26 Å². The number of nitriles is 1. The van der Waals surface area contributed by atoms with Crippen molar-refractivity contribution in [1.82, 2.24) is 5.32 Å². The molecule has 6 heteroatoms.